The summed E-state index contributed by atoms with van der Waals surface area (Å²) < 4.78 is 10.8. The number of rotatable bonds is 10. The van der Waals surface area contributed by atoms with Gasteiger partial charge in [-0.1, -0.05) is 13.8 Å². The lowest BCUT2D eigenvalue weighted by Crippen LogP contribution is -2.46. The normalized spacial score (nSPS) is 16.6. The molecule has 1 atom stereocenters. The molecule has 1 aliphatic rings. The van der Waals surface area contributed by atoms with E-state index in [2.05, 4.69) is 10.6 Å². The van der Waals surface area contributed by atoms with Gasteiger partial charge in [-0.05, 0) is 25.2 Å². The molecule has 1 rings (SSSR count). The molecule has 0 spiro atoms. The van der Waals surface area contributed by atoms with Crippen LogP contribution in [0.2, 0.25) is 0 Å². The van der Waals surface area contributed by atoms with Crippen LogP contribution in [0.25, 0.3) is 0 Å². The first-order valence-corrected chi connectivity index (χ1v) is 8.36. The summed E-state index contributed by atoms with van der Waals surface area (Å²) in [7, 11) is 0. The van der Waals surface area contributed by atoms with Gasteiger partial charge in [0.05, 0.1) is 19.3 Å². The Labute approximate surface area is 142 Å². The van der Waals surface area contributed by atoms with Gasteiger partial charge in [0.1, 0.15) is 6.04 Å². The number of carboxylic acids is 1. The molecule has 0 bridgehead atoms. The van der Waals surface area contributed by atoms with E-state index >= 15 is 0 Å². The van der Waals surface area contributed by atoms with E-state index in [1.807, 2.05) is 13.8 Å². The van der Waals surface area contributed by atoms with Crippen LogP contribution >= 0.6 is 0 Å². The van der Waals surface area contributed by atoms with Crippen LogP contribution in [-0.2, 0) is 23.9 Å². The lowest BCUT2D eigenvalue weighted by Gasteiger charge is -2.22. The topological polar surface area (TPSA) is 114 Å². The number of carboxylic acid groups (broad SMARTS) is 1. The lowest BCUT2D eigenvalue weighted by atomic mass is 10.0. The first kappa shape index (κ1) is 20.4. The smallest absolute Gasteiger partial charge is 0.326 e. The predicted molar refractivity (Wildman–Crippen MR) is 86.4 cm³/mol. The van der Waals surface area contributed by atoms with E-state index in [4.69, 9.17) is 14.6 Å². The molecular weight excluding hydrogens is 316 g/mol. The number of hydrogen-bond donors (Lipinski definition) is 3. The summed E-state index contributed by atoms with van der Waals surface area (Å²) >= 11 is 0. The quantitative estimate of drug-likeness (QED) is 0.525. The molecule has 0 aromatic carbocycles. The van der Waals surface area contributed by atoms with E-state index in [1.165, 1.54) is 0 Å². The second-order valence-electron chi connectivity index (χ2n) is 6.30. The molecule has 0 aliphatic carbocycles. The molecule has 1 aliphatic heterocycles. The minimum Gasteiger partial charge on any atom is -0.480 e. The molecule has 138 valence electrons. The van der Waals surface area contributed by atoms with Crippen molar-refractivity contribution in [2.24, 2.45) is 5.92 Å². The molecule has 3 N–H and O–H groups in total. The van der Waals surface area contributed by atoms with E-state index in [1.54, 1.807) is 0 Å². The van der Waals surface area contributed by atoms with E-state index < -0.39 is 17.9 Å². The lowest BCUT2D eigenvalue weighted by molar-refractivity contribution is -0.142. The summed E-state index contributed by atoms with van der Waals surface area (Å²) in [4.78, 5) is 34.5. The highest BCUT2D eigenvalue weighted by Crippen LogP contribution is 2.10. The minimum atomic E-state index is -1.08. The van der Waals surface area contributed by atoms with Crippen LogP contribution in [0, 0.1) is 5.92 Å². The number of carbonyl (C=O) groups excluding carboxylic acids is 2. The molecule has 1 saturated heterocycles. The van der Waals surface area contributed by atoms with Crippen molar-refractivity contribution in [3.63, 3.8) is 0 Å². The first-order valence-electron chi connectivity index (χ1n) is 8.36. The van der Waals surface area contributed by atoms with Crippen molar-refractivity contribution in [3.8, 4) is 0 Å². The molecule has 8 heteroatoms. The zero-order chi connectivity index (χ0) is 17.9. The van der Waals surface area contributed by atoms with Crippen molar-refractivity contribution in [3.05, 3.63) is 0 Å². The van der Waals surface area contributed by atoms with Crippen molar-refractivity contribution in [1.82, 2.24) is 10.6 Å². The minimum absolute atomic E-state index is 0.127. The van der Waals surface area contributed by atoms with Crippen molar-refractivity contribution < 1.29 is 29.0 Å². The third-order valence-electron chi connectivity index (χ3n) is 3.64. The first-order chi connectivity index (χ1) is 11.4. The molecule has 1 heterocycles. The van der Waals surface area contributed by atoms with Crippen LogP contribution in [0.1, 0.15) is 39.5 Å². The highest BCUT2D eigenvalue weighted by Gasteiger charge is 2.21. The summed E-state index contributed by atoms with van der Waals surface area (Å²) in [5.41, 5.74) is 0. The standard InChI is InChI=1S/C16H28N2O6/c1-11(2)9-13(16(21)22)18-15(20)10-17-14(19)5-8-24-12-3-6-23-7-4-12/h11-13H,3-10H2,1-2H3,(H,17,19)(H,18,20)(H,21,22)/t13-/m0/s1. The Bertz CT molecular complexity index is 421. The molecule has 0 aromatic rings. The number of carbonyl (C=O) groups is 3. The van der Waals surface area contributed by atoms with Gasteiger partial charge >= 0.3 is 5.97 Å². The number of amides is 2. The zero-order valence-corrected chi connectivity index (χ0v) is 14.4. The van der Waals surface area contributed by atoms with Crippen molar-refractivity contribution in [2.75, 3.05) is 26.4 Å². The van der Waals surface area contributed by atoms with Crippen molar-refractivity contribution >= 4 is 17.8 Å². The van der Waals surface area contributed by atoms with Gasteiger partial charge in [0.2, 0.25) is 11.8 Å². The molecule has 24 heavy (non-hydrogen) atoms. The predicted octanol–water partition coefficient (Wildman–Crippen LogP) is 0.304. The second kappa shape index (κ2) is 11.0. The van der Waals surface area contributed by atoms with Gasteiger partial charge < -0.3 is 25.2 Å². The average Bonchev–Trinajstić information content (AvgIpc) is 2.53. The van der Waals surface area contributed by atoms with Gasteiger partial charge in [-0.25, -0.2) is 4.79 Å². The molecular formula is C16H28N2O6. The fourth-order valence-corrected chi connectivity index (χ4v) is 2.37. The summed E-state index contributed by atoms with van der Waals surface area (Å²) in [6, 6.07) is -0.939. The van der Waals surface area contributed by atoms with Crippen LogP contribution in [0.5, 0.6) is 0 Å². The second-order valence-corrected chi connectivity index (χ2v) is 6.30. The molecule has 8 nitrogen and oxygen atoms in total. The summed E-state index contributed by atoms with van der Waals surface area (Å²) in [5, 5.41) is 13.9. The molecule has 0 aromatic heterocycles. The van der Waals surface area contributed by atoms with Crippen LogP contribution in [-0.4, -0.2) is 61.4 Å². The zero-order valence-electron chi connectivity index (χ0n) is 14.4. The molecule has 2 amide bonds. The fraction of sp³-hybridized carbons (Fsp3) is 0.812. The van der Waals surface area contributed by atoms with E-state index in [9.17, 15) is 14.4 Å². The average molecular weight is 344 g/mol. The van der Waals surface area contributed by atoms with Crippen molar-refractivity contribution in [1.29, 1.82) is 0 Å². The third-order valence-corrected chi connectivity index (χ3v) is 3.64. The van der Waals surface area contributed by atoms with Crippen LogP contribution in [0.15, 0.2) is 0 Å². The van der Waals surface area contributed by atoms with Gasteiger partial charge in [-0.2, -0.15) is 0 Å². The van der Waals surface area contributed by atoms with Gasteiger partial charge in [0.15, 0.2) is 0 Å². The molecule has 1 fully saturated rings. The molecule has 0 radical (unpaired) electrons. The van der Waals surface area contributed by atoms with Crippen molar-refractivity contribution in [2.45, 2.75) is 51.7 Å². The highest BCUT2D eigenvalue weighted by atomic mass is 16.5. The Morgan fingerprint density at radius 1 is 1.21 bits per heavy atom. The third kappa shape index (κ3) is 8.83. The fourth-order valence-electron chi connectivity index (χ4n) is 2.37. The van der Waals surface area contributed by atoms with E-state index in [0.717, 1.165) is 12.8 Å². The Balaban J connectivity index is 2.17. The van der Waals surface area contributed by atoms with Gasteiger partial charge in [0, 0.05) is 19.6 Å². The van der Waals surface area contributed by atoms with Gasteiger partial charge in [-0.3, -0.25) is 9.59 Å². The number of ether oxygens (including phenoxy) is 2. The maximum Gasteiger partial charge on any atom is 0.326 e. The largest absolute Gasteiger partial charge is 0.480 e. The number of aliphatic carboxylic acids is 1. The van der Waals surface area contributed by atoms with Crippen LogP contribution in [0.3, 0.4) is 0 Å². The maximum absolute atomic E-state index is 11.7. The Morgan fingerprint density at radius 2 is 1.88 bits per heavy atom. The highest BCUT2D eigenvalue weighted by molar-refractivity contribution is 5.87. The monoisotopic (exact) mass is 344 g/mol. The maximum atomic E-state index is 11.7. The number of nitrogens with one attached hydrogen (secondary N) is 2. The Hall–Kier alpha value is -1.67. The summed E-state index contributed by atoms with van der Waals surface area (Å²) in [5.74, 6) is -1.74. The molecule has 0 saturated carbocycles. The Morgan fingerprint density at radius 3 is 2.46 bits per heavy atom. The SMILES string of the molecule is CC(C)C[C@H](NC(=O)CNC(=O)CCOC1CCOCC1)C(=O)O. The number of hydrogen-bond acceptors (Lipinski definition) is 5. The molecule has 0 unspecified atom stereocenters. The van der Waals surface area contributed by atoms with E-state index in [-0.39, 0.29) is 30.9 Å². The Kier molecular flexibility index (Phi) is 9.33. The van der Waals surface area contributed by atoms with Gasteiger partial charge in [-0.15, -0.1) is 0 Å². The van der Waals surface area contributed by atoms with Crippen LogP contribution < -0.4 is 10.6 Å². The summed E-state index contributed by atoms with van der Waals surface area (Å²) in [6.07, 6.45) is 2.29. The van der Waals surface area contributed by atoms with Gasteiger partial charge in [0.25, 0.3) is 0 Å². The van der Waals surface area contributed by atoms with E-state index in [0.29, 0.717) is 26.2 Å². The van der Waals surface area contributed by atoms with Crippen LogP contribution in [0.4, 0.5) is 0 Å². The summed E-state index contributed by atoms with van der Waals surface area (Å²) in [6.45, 7) is 5.17.